The maximum Gasteiger partial charge on any atom is 0.180 e. The van der Waals surface area contributed by atoms with E-state index >= 15 is 0 Å². The molecule has 0 aliphatic heterocycles. The van der Waals surface area contributed by atoms with Crippen molar-refractivity contribution < 1.29 is 8.42 Å². The van der Waals surface area contributed by atoms with Crippen LogP contribution < -0.4 is 5.32 Å². The first-order valence-electron chi connectivity index (χ1n) is 5.22. The lowest BCUT2D eigenvalue weighted by atomic mass is 10.2. The van der Waals surface area contributed by atoms with Gasteiger partial charge in [-0.15, -0.1) is 6.58 Å². The van der Waals surface area contributed by atoms with Gasteiger partial charge in [-0.05, 0) is 19.1 Å². The van der Waals surface area contributed by atoms with Crippen LogP contribution in [0.4, 0.5) is 5.69 Å². The van der Waals surface area contributed by atoms with Crippen LogP contribution in [0.5, 0.6) is 0 Å². The van der Waals surface area contributed by atoms with Crippen molar-refractivity contribution in [3.8, 4) is 0 Å². The van der Waals surface area contributed by atoms with E-state index in [4.69, 9.17) is 0 Å². The van der Waals surface area contributed by atoms with Gasteiger partial charge in [0.15, 0.2) is 9.84 Å². The summed E-state index contributed by atoms with van der Waals surface area (Å²) in [6.07, 6.45) is 1.73. The lowest BCUT2D eigenvalue weighted by molar-refractivity contribution is 0.597. The normalized spacial score (nSPS) is 13.1. The molecule has 0 amide bonds. The molecular weight excluding hydrogens is 222 g/mol. The number of sulfone groups is 1. The Bertz CT molecular complexity index is 466. The van der Waals surface area contributed by atoms with Crippen molar-refractivity contribution >= 4 is 15.5 Å². The minimum absolute atomic E-state index is 0.0354. The number of hydrogen-bond acceptors (Lipinski definition) is 3. The summed E-state index contributed by atoms with van der Waals surface area (Å²) in [5, 5.41) is 3.10. The fraction of sp³-hybridized carbons (Fsp3) is 0.333. The third-order valence-corrected chi connectivity index (χ3v) is 4.13. The predicted octanol–water partition coefficient (Wildman–Crippen LogP) is 2.47. The molecule has 1 atom stereocenters. The average molecular weight is 239 g/mol. The van der Waals surface area contributed by atoms with Gasteiger partial charge in [-0.2, -0.15) is 0 Å². The zero-order valence-corrected chi connectivity index (χ0v) is 10.4. The van der Waals surface area contributed by atoms with Gasteiger partial charge in [0.05, 0.1) is 16.3 Å². The second-order valence-corrected chi connectivity index (χ2v) is 5.81. The van der Waals surface area contributed by atoms with E-state index in [1.54, 1.807) is 31.2 Å². The third-order valence-electron chi connectivity index (χ3n) is 2.34. The van der Waals surface area contributed by atoms with Gasteiger partial charge in [-0.3, -0.25) is 0 Å². The third kappa shape index (κ3) is 2.85. The van der Waals surface area contributed by atoms with Crippen molar-refractivity contribution in [2.75, 3.05) is 11.1 Å². The SMILES string of the molecule is C=CC(C)Nc1ccccc1S(=O)(=O)CC. The molecule has 3 nitrogen and oxygen atoms in total. The summed E-state index contributed by atoms with van der Waals surface area (Å²) in [7, 11) is -3.18. The summed E-state index contributed by atoms with van der Waals surface area (Å²) in [6, 6.07) is 6.96. The number of nitrogens with one attached hydrogen (secondary N) is 1. The highest BCUT2D eigenvalue weighted by atomic mass is 32.2. The maximum absolute atomic E-state index is 11.8. The number of benzene rings is 1. The topological polar surface area (TPSA) is 46.2 Å². The number of para-hydroxylation sites is 1. The van der Waals surface area contributed by atoms with Crippen molar-refractivity contribution in [2.45, 2.75) is 24.8 Å². The molecule has 0 spiro atoms. The van der Waals surface area contributed by atoms with Gasteiger partial charge in [0.25, 0.3) is 0 Å². The molecule has 0 saturated carbocycles. The minimum Gasteiger partial charge on any atom is -0.378 e. The highest BCUT2D eigenvalue weighted by Gasteiger charge is 2.16. The Morgan fingerprint density at radius 1 is 1.44 bits per heavy atom. The Hall–Kier alpha value is -1.29. The van der Waals surface area contributed by atoms with Crippen molar-refractivity contribution in [2.24, 2.45) is 0 Å². The van der Waals surface area contributed by atoms with Crippen LogP contribution >= 0.6 is 0 Å². The molecule has 0 aliphatic carbocycles. The fourth-order valence-corrected chi connectivity index (χ4v) is 2.38. The van der Waals surface area contributed by atoms with Crippen molar-refractivity contribution in [3.63, 3.8) is 0 Å². The van der Waals surface area contributed by atoms with Crippen LogP contribution in [0.3, 0.4) is 0 Å². The lowest BCUT2D eigenvalue weighted by Gasteiger charge is -2.14. The van der Waals surface area contributed by atoms with Crippen molar-refractivity contribution in [1.29, 1.82) is 0 Å². The minimum atomic E-state index is -3.18. The smallest absolute Gasteiger partial charge is 0.180 e. The zero-order chi connectivity index (χ0) is 12.2. The van der Waals surface area contributed by atoms with Gasteiger partial charge >= 0.3 is 0 Å². The number of hydrogen-bond donors (Lipinski definition) is 1. The van der Waals surface area contributed by atoms with Gasteiger partial charge in [-0.1, -0.05) is 25.1 Å². The second-order valence-electron chi connectivity index (χ2n) is 3.57. The first kappa shape index (κ1) is 12.8. The molecule has 0 heterocycles. The monoisotopic (exact) mass is 239 g/mol. The summed E-state index contributed by atoms with van der Waals surface area (Å²) in [4.78, 5) is 0.353. The molecule has 1 aromatic rings. The molecule has 4 heteroatoms. The summed E-state index contributed by atoms with van der Waals surface area (Å²) >= 11 is 0. The Kier molecular flexibility index (Phi) is 4.12. The molecular formula is C12H17NO2S. The van der Waals surface area contributed by atoms with Gasteiger partial charge in [0, 0.05) is 6.04 Å². The van der Waals surface area contributed by atoms with Gasteiger partial charge in [0.1, 0.15) is 0 Å². The predicted molar refractivity (Wildman–Crippen MR) is 67.5 cm³/mol. The van der Waals surface area contributed by atoms with Crippen LogP contribution in [0.1, 0.15) is 13.8 Å². The van der Waals surface area contributed by atoms with E-state index in [1.165, 1.54) is 0 Å². The van der Waals surface area contributed by atoms with Gasteiger partial charge in [-0.25, -0.2) is 8.42 Å². The maximum atomic E-state index is 11.8. The standard InChI is InChI=1S/C12H17NO2S/c1-4-10(3)13-11-8-6-7-9-12(11)16(14,15)5-2/h4,6-10,13H,1,5H2,2-3H3. The number of rotatable bonds is 5. The molecule has 1 unspecified atom stereocenters. The van der Waals surface area contributed by atoms with E-state index in [1.807, 2.05) is 13.0 Å². The van der Waals surface area contributed by atoms with Crippen LogP contribution in [-0.4, -0.2) is 20.2 Å². The average Bonchev–Trinajstić information content (AvgIpc) is 2.29. The first-order chi connectivity index (χ1) is 7.51. The molecule has 0 fully saturated rings. The number of anilines is 1. The Morgan fingerprint density at radius 2 is 2.06 bits per heavy atom. The van der Waals surface area contributed by atoms with E-state index < -0.39 is 9.84 Å². The highest BCUT2D eigenvalue weighted by Crippen LogP contribution is 2.22. The van der Waals surface area contributed by atoms with Gasteiger partial charge in [0.2, 0.25) is 0 Å². The van der Waals surface area contributed by atoms with Crippen LogP contribution in [-0.2, 0) is 9.84 Å². The first-order valence-corrected chi connectivity index (χ1v) is 6.87. The lowest BCUT2D eigenvalue weighted by Crippen LogP contribution is -2.15. The molecule has 1 N–H and O–H groups in total. The van der Waals surface area contributed by atoms with Crippen LogP contribution in [0.25, 0.3) is 0 Å². The molecule has 88 valence electrons. The van der Waals surface area contributed by atoms with E-state index in [0.29, 0.717) is 10.6 Å². The molecule has 1 rings (SSSR count). The summed E-state index contributed by atoms with van der Waals surface area (Å²) in [5.74, 6) is 0.105. The van der Waals surface area contributed by atoms with Crippen molar-refractivity contribution in [3.05, 3.63) is 36.9 Å². The Morgan fingerprint density at radius 3 is 2.62 bits per heavy atom. The molecule has 0 radical (unpaired) electrons. The summed E-state index contributed by atoms with van der Waals surface area (Å²) in [6.45, 7) is 7.22. The van der Waals surface area contributed by atoms with E-state index in [0.717, 1.165) is 0 Å². The quantitative estimate of drug-likeness (QED) is 0.803. The molecule has 0 aromatic heterocycles. The van der Waals surface area contributed by atoms with Gasteiger partial charge < -0.3 is 5.32 Å². The highest BCUT2D eigenvalue weighted by molar-refractivity contribution is 7.91. The van der Waals surface area contributed by atoms with Crippen LogP contribution in [0.15, 0.2) is 41.8 Å². The molecule has 0 saturated heterocycles. The second kappa shape index (κ2) is 5.16. The molecule has 0 bridgehead atoms. The zero-order valence-electron chi connectivity index (χ0n) is 9.60. The fourth-order valence-electron chi connectivity index (χ4n) is 1.32. The van der Waals surface area contributed by atoms with E-state index in [-0.39, 0.29) is 11.8 Å². The summed E-state index contributed by atoms with van der Waals surface area (Å²) in [5.41, 5.74) is 0.636. The molecule has 0 aliphatic rings. The van der Waals surface area contributed by atoms with Crippen LogP contribution in [0, 0.1) is 0 Å². The largest absolute Gasteiger partial charge is 0.378 e. The summed E-state index contributed by atoms with van der Waals surface area (Å²) < 4.78 is 23.7. The molecule has 1 aromatic carbocycles. The van der Waals surface area contributed by atoms with E-state index in [9.17, 15) is 8.42 Å². The van der Waals surface area contributed by atoms with E-state index in [2.05, 4.69) is 11.9 Å². The van der Waals surface area contributed by atoms with Crippen LogP contribution in [0.2, 0.25) is 0 Å². The Labute approximate surface area is 97.1 Å². The molecule has 16 heavy (non-hydrogen) atoms. The van der Waals surface area contributed by atoms with Crippen molar-refractivity contribution in [1.82, 2.24) is 0 Å². The Balaban J connectivity index is 3.15.